The van der Waals surface area contributed by atoms with Gasteiger partial charge in [-0.1, -0.05) is 35.5 Å². The Morgan fingerprint density at radius 2 is 1.94 bits per heavy atom. The van der Waals surface area contributed by atoms with Gasteiger partial charge in [-0.15, -0.1) is 0 Å². The average Bonchev–Trinajstić information content (AvgIpc) is 3.50. The Bertz CT molecular complexity index is 800. The second kappa shape index (κ2) is 10.6. The Morgan fingerprint density at radius 1 is 1.19 bits per heavy atom. The molecule has 31 heavy (non-hydrogen) atoms. The molecule has 2 fully saturated rings. The van der Waals surface area contributed by atoms with Gasteiger partial charge in [-0.2, -0.15) is 0 Å². The molecule has 1 saturated carbocycles. The number of aliphatic hydroxyl groups is 1. The summed E-state index contributed by atoms with van der Waals surface area (Å²) in [5.74, 6) is 1.54. The van der Waals surface area contributed by atoms with E-state index in [1.807, 2.05) is 32.0 Å². The second-order valence-electron chi connectivity index (χ2n) is 8.95. The summed E-state index contributed by atoms with van der Waals surface area (Å²) < 4.78 is 17.1. The summed E-state index contributed by atoms with van der Waals surface area (Å²) in [7, 11) is 0. The molecular weight excluding hydrogens is 394 g/mol. The SMILES string of the molecule is CC(C)OC[C@@H](O)CN(Cc1c(-c2ccccc2)noc1N1CCOCC1)CC1CC1. The van der Waals surface area contributed by atoms with Crippen molar-refractivity contribution in [3.63, 3.8) is 0 Å². The molecule has 1 saturated heterocycles. The van der Waals surface area contributed by atoms with Gasteiger partial charge in [0, 0.05) is 38.3 Å². The monoisotopic (exact) mass is 429 g/mol. The van der Waals surface area contributed by atoms with Crippen molar-refractivity contribution >= 4 is 5.88 Å². The fraction of sp³-hybridized carbons (Fsp3) is 0.625. The Hall–Kier alpha value is -1.93. The molecule has 1 aromatic heterocycles. The third kappa shape index (κ3) is 6.29. The van der Waals surface area contributed by atoms with Crippen molar-refractivity contribution < 1.29 is 19.1 Å². The van der Waals surface area contributed by atoms with Gasteiger partial charge in [0.15, 0.2) is 0 Å². The highest BCUT2D eigenvalue weighted by atomic mass is 16.5. The third-order valence-corrected chi connectivity index (χ3v) is 5.80. The number of aromatic nitrogens is 1. The van der Waals surface area contributed by atoms with Crippen LogP contribution in [0, 0.1) is 5.92 Å². The molecule has 4 rings (SSSR count). The lowest BCUT2D eigenvalue weighted by Crippen LogP contribution is -2.38. The maximum absolute atomic E-state index is 10.6. The van der Waals surface area contributed by atoms with E-state index in [1.165, 1.54) is 12.8 Å². The quantitative estimate of drug-likeness (QED) is 0.588. The number of benzene rings is 1. The molecule has 170 valence electrons. The van der Waals surface area contributed by atoms with Gasteiger partial charge in [0.05, 0.1) is 37.6 Å². The number of rotatable bonds is 11. The van der Waals surface area contributed by atoms with Crippen LogP contribution in [-0.4, -0.2) is 73.4 Å². The number of ether oxygens (including phenoxy) is 2. The molecule has 0 radical (unpaired) electrons. The van der Waals surface area contributed by atoms with Crippen molar-refractivity contribution in [3.8, 4) is 11.3 Å². The zero-order valence-electron chi connectivity index (χ0n) is 18.7. The average molecular weight is 430 g/mol. The number of anilines is 1. The highest BCUT2D eigenvalue weighted by Gasteiger charge is 2.30. The zero-order chi connectivity index (χ0) is 21.6. The van der Waals surface area contributed by atoms with Crippen molar-refractivity contribution in [1.82, 2.24) is 10.1 Å². The molecule has 1 aliphatic carbocycles. The summed E-state index contributed by atoms with van der Waals surface area (Å²) >= 11 is 0. The highest BCUT2D eigenvalue weighted by molar-refractivity contribution is 5.68. The van der Waals surface area contributed by atoms with Crippen molar-refractivity contribution in [3.05, 3.63) is 35.9 Å². The number of hydrogen-bond donors (Lipinski definition) is 1. The minimum atomic E-state index is -0.520. The highest BCUT2D eigenvalue weighted by Crippen LogP contribution is 2.35. The van der Waals surface area contributed by atoms with Gasteiger partial charge < -0.3 is 24.0 Å². The van der Waals surface area contributed by atoms with Crippen molar-refractivity contribution in [2.24, 2.45) is 5.92 Å². The molecule has 2 aliphatic rings. The van der Waals surface area contributed by atoms with E-state index in [4.69, 9.17) is 14.0 Å². The van der Waals surface area contributed by atoms with E-state index in [1.54, 1.807) is 0 Å². The molecule has 2 heterocycles. The first kappa shape index (κ1) is 22.3. The topological polar surface area (TPSA) is 71.2 Å². The van der Waals surface area contributed by atoms with Gasteiger partial charge in [-0.25, -0.2) is 0 Å². The predicted molar refractivity (Wildman–Crippen MR) is 120 cm³/mol. The summed E-state index contributed by atoms with van der Waals surface area (Å²) in [6, 6.07) is 10.2. The Balaban J connectivity index is 1.57. The van der Waals surface area contributed by atoms with E-state index in [-0.39, 0.29) is 6.10 Å². The standard InChI is InChI=1S/C24H35N3O4/c1-18(2)30-17-21(28)15-26(14-19-8-9-19)16-22-23(20-6-4-3-5-7-20)25-31-24(22)27-10-12-29-13-11-27/h3-7,18-19,21,28H,8-17H2,1-2H3/t21-/m0/s1. The van der Waals surface area contributed by atoms with Crippen LogP contribution in [0.1, 0.15) is 32.3 Å². The molecule has 1 aromatic carbocycles. The first-order valence-electron chi connectivity index (χ1n) is 11.5. The molecule has 1 aliphatic heterocycles. The Labute approximate surface area is 184 Å². The van der Waals surface area contributed by atoms with Crippen molar-refractivity contribution in [2.45, 2.75) is 45.4 Å². The van der Waals surface area contributed by atoms with E-state index in [9.17, 15) is 5.11 Å². The molecule has 0 amide bonds. The molecule has 0 bridgehead atoms. The van der Waals surface area contributed by atoms with Crippen LogP contribution in [0.2, 0.25) is 0 Å². The van der Waals surface area contributed by atoms with Crippen LogP contribution in [-0.2, 0) is 16.0 Å². The number of morpholine rings is 1. The number of nitrogens with zero attached hydrogens (tertiary/aromatic N) is 3. The molecule has 0 unspecified atom stereocenters. The fourth-order valence-electron chi connectivity index (χ4n) is 4.03. The summed E-state index contributed by atoms with van der Waals surface area (Å²) in [4.78, 5) is 4.57. The lowest BCUT2D eigenvalue weighted by Gasteiger charge is -2.29. The van der Waals surface area contributed by atoms with Crippen LogP contribution < -0.4 is 4.90 Å². The molecule has 0 spiro atoms. The summed E-state index contributed by atoms with van der Waals surface area (Å²) in [6.07, 6.45) is 2.12. The maximum atomic E-state index is 10.6. The van der Waals surface area contributed by atoms with E-state index in [0.717, 1.165) is 42.3 Å². The molecule has 7 heteroatoms. The van der Waals surface area contributed by atoms with E-state index in [2.05, 4.69) is 27.1 Å². The van der Waals surface area contributed by atoms with Gasteiger partial charge in [-0.3, -0.25) is 4.90 Å². The Kier molecular flexibility index (Phi) is 7.61. The van der Waals surface area contributed by atoms with E-state index in [0.29, 0.717) is 38.8 Å². The Morgan fingerprint density at radius 3 is 2.61 bits per heavy atom. The lowest BCUT2D eigenvalue weighted by molar-refractivity contribution is -0.0101. The number of aliphatic hydroxyl groups excluding tert-OH is 1. The third-order valence-electron chi connectivity index (χ3n) is 5.80. The van der Waals surface area contributed by atoms with Crippen LogP contribution in [0.3, 0.4) is 0 Å². The van der Waals surface area contributed by atoms with Gasteiger partial charge in [-0.05, 0) is 32.6 Å². The largest absolute Gasteiger partial charge is 0.389 e. The van der Waals surface area contributed by atoms with Crippen LogP contribution in [0.5, 0.6) is 0 Å². The number of hydrogen-bond acceptors (Lipinski definition) is 7. The minimum Gasteiger partial charge on any atom is -0.389 e. The second-order valence-corrected chi connectivity index (χ2v) is 8.95. The molecular formula is C24H35N3O4. The van der Waals surface area contributed by atoms with Crippen molar-refractivity contribution in [1.29, 1.82) is 0 Å². The van der Waals surface area contributed by atoms with Crippen molar-refractivity contribution in [2.75, 3.05) is 50.9 Å². The van der Waals surface area contributed by atoms with E-state index < -0.39 is 6.10 Å². The van der Waals surface area contributed by atoms with E-state index >= 15 is 0 Å². The predicted octanol–water partition coefficient (Wildman–Crippen LogP) is 3.18. The van der Waals surface area contributed by atoms with Crippen LogP contribution in [0.25, 0.3) is 11.3 Å². The first-order valence-corrected chi connectivity index (χ1v) is 11.5. The molecule has 2 aromatic rings. The zero-order valence-corrected chi connectivity index (χ0v) is 18.7. The maximum Gasteiger partial charge on any atom is 0.232 e. The van der Waals surface area contributed by atoms with Gasteiger partial charge in [0.1, 0.15) is 5.69 Å². The van der Waals surface area contributed by atoms with Crippen LogP contribution in [0.4, 0.5) is 5.88 Å². The summed E-state index contributed by atoms with van der Waals surface area (Å²) in [5.41, 5.74) is 3.03. The molecule has 1 atom stereocenters. The summed E-state index contributed by atoms with van der Waals surface area (Å²) in [5, 5.41) is 15.1. The van der Waals surface area contributed by atoms with Gasteiger partial charge in [0.2, 0.25) is 5.88 Å². The molecule has 7 nitrogen and oxygen atoms in total. The van der Waals surface area contributed by atoms with Crippen LogP contribution >= 0.6 is 0 Å². The fourth-order valence-corrected chi connectivity index (χ4v) is 4.03. The lowest BCUT2D eigenvalue weighted by atomic mass is 10.1. The van der Waals surface area contributed by atoms with Gasteiger partial charge in [0.25, 0.3) is 0 Å². The van der Waals surface area contributed by atoms with Crippen LogP contribution in [0.15, 0.2) is 34.9 Å². The molecule has 1 N–H and O–H groups in total. The smallest absolute Gasteiger partial charge is 0.232 e. The first-order chi connectivity index (χ1) is 15.1. The minimum absolute atomic E-state index is 0.113. The van der Waals surface area contributed by atoms with Gasteiger partial charge >= 0.3 is 0 Å². The summed E-state index contributed by atoms with van der Waals surface area (Å²) in [6.45, 7) is 9.55. The normalized spacial score (nSPS) is 18.2.